The van der Waals surface area contributed by atoms with Crippen molar-refractivity contribution in [2.45, 2.75) is 25.3 Å². The summed E-state index contributed by atoms with van der Waals surface area (Å²) >= 11 is 5.05. The Balaban J connectivity index is 1.81. The van der Waals surface area contributed by atoms with Gasteiger partial charge in [0.15, 0.2) is 10.6 Å². The van der Waals surface area contributed by atoms with Crippen LogP contribution in [-0.2, 0) is 23.6 Å². The fraction of sp³-hybridized carbons (Fsp3) is 0.211. The fourth-order valence-electron chi connectivity index (χ4n) is 2.64. The maximum absolute atomic E-state index is 12.7. The Bertz CT molecular complexity index is 1210. The number of H-pyrrole nitrogens is 1. The molecule has 2 aromatic carbocycles. The van der Waals surface area contributed by atoms with Crippen LogP contribution >= 0.6 is 12.2 Å². The van der Waals surface area contributed by atoms with Crippen LogP contribution in [0.25, 0.3) is 0 Å². The van der Waals surface area contributed by atoms with Gasteiger partial charge in [-0.1, -0.05) is 23.8 Å². The average molecular weight is 432 g/mol. The van der Waals surface area contributed by atoms with E-state index in [0.717, 1.165) is 5.56 Å². The Morgan fingerprint density at radius 1 is 1.17 bits per heavy atom. The fourth-order valence-corrected chi connectivity index (χ4v) is 3.88. The maximum Gasteiger partial charge on any atom is 0.261 e. The first kappa shape index (κ1) is 20.7. The quantitative estimate of drug-likeness (QED) is 0.520. The molecule has 1 amide bonds. The van der Waals surface area contributed by atoms with Gasteiger partial charge in [-0.05, 0) is 55.9 Å². The van der Waals surface area contributed by atoms with Crippen molar-refractivity contribution in [1.82, 2.24) is 20.1 Å². The normalized spacial score (nSPS) is 11.3. The summed E-state index contributed by atoms with van der Waals surface area (Å²) in [6, 6.07) is 11.4. The second-order valence-corrected chi connectivity index (χ2v) is 8.70. The highest BCUT2D eigenvalue weighted by Gasteiger charge is 2.18. The molecule has 0 spiro atoms. The first-order valence-electron chi connectivity index (χ1n) is 8.76. The second-order valence-electron chi connectivity index (χ2n) is 6.63. The minimum absolute atomic E-state index is 0.00648. The van der Waals surface area contributed by atoms with Crippen molar-refractivity contribution < 1.29 is 13.2 Å². The van der Waals surface area contributed by atoms with E-state index in [1.54, 1.807) is 36.7 Å². The van der Waals surface area contributed by atoms with Crippen LogP contribution in [-0.4, -0.2) is 29.1 Å². The van der Waals surface area contributed by atoms with Gasteiger partial charge in [0.05, 0.1) is 11.4 Å². The lowest BCUT2D eigenvalue weighted by molar-refractivity contribution is 0.0948. The number of aryl methyl sites for hydroxylation is 2. The lowest BCUT2D eigenvalue weighted by Gasteiger charge is -2.12. The van der Waals surface area contributed by atoms with Crippen LogP contribution in [0.3, 0.4) is 0 Å². The smallest absolute Gasteiger partial charge is 0.261 e. The van der Waals surface area contributed by atoms with Crippen molar-refractivity contribution in [3.63, 3.8) is 0 Å². The Labute approximate surface area is 174 Å². The van der Waals surface area contributed by atoms with Gasteiger partial charge >= 0.3 is 0 Å². The number of aromatic amines is 1. The van der Waals surface area contributed by atoms with Crippen LogP contribution in [0.5, 0.6) is 0 Å². The molecule has 1 heterocycles. The predicted molar refractivity (Wildman–Crippen MR) is 113 cm³/mol. The molecule has 0 saturated carbocycles. The third kappa shape index (κ3) is 4.72. The molecule has 3 aromatic rings. The highest BCUT2D eigenvalue weighted by Crippen LogP contribution is 2.20. The van der Waals surface area contributed by atoms with Crippen molar-refractivity contribution >= 4 is 33.8 Å². The number of carbonyl (C=O) groups is 1. The summed E-state index contributed by atoms with van der Waals surface area (Å²) in [5, 5.41) is 9.42. The number of amides is 1. The standard InChI is InChI=1S/C19H21N5O3S2/c1-12-4-7-14(8-5-12)23-29(26,27)15-9-6-13(2)16(10-15)18(25)20-11-17-21-22-19(28)24(17)3/h4-10,23H,11H2,1-3H3,(H,20,25)(H,22,28). The van der Waals surface area contributed by atoms with E-state index in [2.05, 4.69) is 20.2 Å². The minimum Gasteiger partial charge on any atom is -0.345 e. The van der Waals surface area contributed by atoms with Gasteiger partial charge in [0.2, 0.25) is 0 Å². The number of carbonyl (C=O) groups excluding carboxylic acids is 1. The van der Waals surface area contributed by atoms with Gasteiger partial charge < -0.3 is 9.88 Å². The van der Waals surface area contributed by atoms with Gasteiger partial charge in [0, 0.05) is 18.3 Å². The number of aromatic nitrogens is 3. The van der Waals surface area contributed by atoms with Gasteiger partial charge in [0.1, 0.15) is 0 Å². The molecule has 0 aliphatic heterocycles. The van der Waals surface area contributed by atoms with Crippen LogP contribution in [0.1, 0.15) is 27.3 Å². The van der Waals surface area contributed by atoms with E-state index in [1.807, 2.05) is 19.1 Å². The highest BCUT2D eigenvalue weighted by molar-refractivity contribution is 7.92. The predicted octanol–water partition coefficient (Wildman–Crippen LogP) is 2.83. The molecule has 152 valence electrons. The van der Waals surface area contributed by atoms with Crippen molar-refractivity contribution in [2.24, 2.45) is 7.05 Å². The van der Waals surface area contributed by atoms with Crippen molar-refractivity contribution in [3.8, 4) is 0 Å². The van der Waals surface area contributed by atoms with Crippen molar-refractivity contribution in [2.75, 3.05) is 4.72 Å². The number of hydrogen-bond donors (Lipinski definition) is 3. The summed E-state index contributed by atoms with van der Waals surface area (Å²) in [5.74, 6) is 0.162. The second kappa shape index (κ2) is 8.18. The molecule has 0 saturated heterocycles. The number of anilines is 1. The largest absolute Gasteiger partial charge is 0.345 e. The van der Waals surface area contributed by atoms with Crippen molar-refractivity contribution in [1.29, 1.82) is 0 Å². The lowest BCUT2D eigenvalue weighted by Crippen LogP contribution is -2.25. The van der Waals surface area contributed by atoms with Gasteiger partial charge in [-0.2, -0.15) is 5.10 Å². The molecule has 0 bridgehead atoms. The molecule has 3 N–H and O–H groups in total. The molecule has 0 atom stereocenters. The maximum atomic E-state index is 12.7. The molecule has 1 aromatic heterocycles. The summed E-state index contributed by atoms with van der Waals surface area (Å²) in [7, 11) is -2.10. The number of sulfonamides is 1. The number of nitrogens with one attached hydrogen (secondary N) is 3. The molecule has 0 aliphatic rings. The molecule has 3 rings (SSSR count). The zero-order chi connectivity index (χ0) is 21.2. The monoisotopic (exact) mass is 431 g/mol. The molecule has 0 radical (unpaired) electrons. The van der Waals surface area contributed by atoms with E-state index < -0.39 is 15.9 Å². The zero-order valence-corrected chi connectivity index (χ0v) is 17.8. The molecule has 10 heteroatoms. The van der Waals surface area contributed by atoms with E-state index in [9.17, 15) is 13.2 Å². The van der Waals surface area contributed by atoms with Crippen LogP contribution in [0.4, 0.5) is 5.69 Å². The van der Waals surface area contributed by atoms with Crippen molar-refractivity contribution in [3.05, 3.63) is 69.8 Å². The molecule has 8 nitrogen and oxygen atoms in total. The van der Waals surface area contributed by atoms with Crippen LogP contribution < -0.4 is 10.0 Å². The van der Waals surface area contributed by atoms with Gasteiger partial charge in [0.25, 0.3) is 15.9 Å². The topological polar surface area (TPSA) is 109 Å². The SMILES string of the molecule is Cc1ccc(NS(=O)(=O)c2ccc(C)c(C(=O)NCc3n[nH]c(=S)n3C)c2)cc1. The molecular weight excluding hydrogens is 410 g/mol. The summed E-state index contributed by atoms with van der Waals surface area (Å²) in [5.41, 5.74) is 2.41. The van der Waals surface area contributed by atoms with Gasteiger partial charge in [-0.15, -0.1) is 0 Å². The average Bonchev–Trinajstić information content (AvgIpc) is 3.00. The van der Waals surface area contributed by atoms with Crippen LogP contribution in [0.2, 0.25) is 0 Å². The molecule has 0 unspecified atom stereocenters. The minimum atomic E-state index is -3.83. The number of nitrogens with zero attached hydrogens (tertiary/aromatic N) is 2. The Kier molecular flexibility index (Phi) is 5.85. The number of benzene rings is 2. The molecule has 0 aliphatic carbocycles. The summed E-state index contributed by atoms with van der Waals surface area (Å²) in [6.45, 7) is 3.82. The molecular formula is C19H21N5O3S2. The third-order valence-corrected chi connectivity index (χ3v) is 6.19. The van der Waals surface area contributed by atoms with E-state index in [1.165, 1.54) is 12.1 Å². The summed E-state index contributed by atoms with van der Waals surface area (Å²) in [4.78, 5) is 12.6. The molecule has 0 fully saturated rings. The Morgan fingerprint density at radius 3 is 2.48 bits per heavy atom. The number of hydrogen-bond acceptors (Lipinski definition) is 5. The number of rotatable bonds is 6. The Morgan fingerprint density at radius 2 is 1.86 bits per heavy atom. The zero-order valence-electron chi connectivity index (χ0n) is 16.2. The van der Waals surface area contributed by atoms with Gasteiger partial charge in [-0.25, -0.2) is 8.42 Å². The van der Waals surface area contributed by atoms with Gasteiger partial charge in [-0.3, -0.25) is 14.6 Å². The summed E-state index contributed by atoms with van der Waals surface area (Å²) < 4.78 is 30.1. The van der Waals surface area contributed by atoms with E-state index in [0.29, 0.717) is 21.8 Å². The van der Waals surface area contributed by atoms with E-state index in [4.69, 9.17) is 12.2 Å². The third-order valence-electron chi connectivity index (χ3n) is 4.45. The lowest BCUT2D eigenvalue weighted by atomic mass is 10.1. The first-order valence-corrected chi connectivity index (χ1v) is 10.6. The first-order chi connectivity index (χ1) is 13.7. The molecule has 29 heavy (non-hydrogen) atoms. The van der Waals surface area contributed by atoms with E-state index >= 15 is 0 Å². The summed E-state index contributed by atoms with van der Waals surface area (Å²) in [6.07, 6.45) is 0. The Hall–Kier alpha value is -2.98. The highest BCUT2D eigenvalue weighted by atomic mass is 32.2. The van der Waals surface area contributed by atoms with E-state index in [-0.39, 0.29) is 17.0 Å². The van der Waals surface area contributed by atoms with Crippen LogP contribution in [0, 0.1) is 18.6 Å². The van der Waals surface area contributed by atoms with Crippen LogP contribution in [0.15, 0.2) is 47.4 Å².